The van der Waals surface area contributed by atoms with E-state index in [0.29, 0.717) is 17.8 Å². The van der Waals surface area contributed by atoms with E-state index < -0.39 is 0 Å². The standard InChI is InChI=1S/C8H14O2/c9-4-7-5-1-2-6(7)8(10)3-5/h5-10H,1-4H2/t5-,6-,7?,8-/m0/s1. The molecule has 0 aromatic rings. The number of rotatable bonds is 1. The van der Waals surface area contributed by atoms with Crippen molar-refractivity contribution >= 4 is 0 Å². The van der Waals surface area contributed by atoms with Gasteiger partial charge in [0.2, 0.25) is 0 Å². The molecule has 0 aliphatic heterocycles. The second-order valence-corrected chi connectivity index (χ2v) is 3.65. The summed E-state index contributed by atoms with van der Waals surface area (Å²) in [6, 6.07) is 0. The largest absolute Gasteiger partial charge is 0.396 e. The molecule has 2 N–H and O–H groups in total. The molecular formula is C8H14O2. The monoisotopic (exact) mass is 142 g/mol. The van der Waals surface area contributed by atoms with Crippen LogP contribution in [-0.4, -0.2) is 22.9 Å². The average molecular weight is 142 g/mol. The first-order valence-electron chi connectivity index (χ1n) is 4.12. The Morgan fingerprint density at radius 3 is 2.40 bits per heavy atom. The first kappa shape index (κ1) is 6.62. The molecule has 2 fully saturated rings. The van der Waals surface area contributed by atoms with E-state index in [9.17, 15) is 5.11 Å². The van der Waals surface area contributed by atoms with E-state index in [0.717, 1.165) is 12.8 Å². The molecule has 0 heterocycles. The third-order valence-electron chi connectivity index (χ3n) is 3.28. The molecule has 0 spiro atoms. The molecule has 0 aromatic heterocycles. The molecule has 2 rings (SSSR count). The van der Waals surface area contributed by atoms with E-state index in [1.165, 1.54) is 6.42 Å². The van der Waals surface area contributed by atoms with Gasteiger partial charge in [-0.3, -0.25) is 0 Å². The van der Waals surface area contributed by atoms with Crippen LogP contribution in [0, 0.1) is 17.8 Å². The van der Waals surface area contributed by atoms with Gasteiger partial charge in [-0.1, -0.05) is 0 Å². The minimum absolute atomic E-state index is 0.101. The molecule has 0 saturated heterocycles. The summed E-state index contributed by atoms with van der Waals surface area (Å²) in [6.07, 6.45) is 3.20. The number of aliphatic hydroxyl groups is 2. The van der Waals surface area contributed by atoms with E-state index in [1.807, 2.05) is 0 Å². The normalized spacial score (nSPS) is 52.2. The minimum Gasteiger partial charge on any atom is -0.396 e. The van der Waals surface area contributed by atoms with Crippen LogP contribution in [0.15, 0.2) is 0 Å². The summed E-state index contributed by atoms with van der Waals surface area (Å²) in [7, 11) is 0. The fourth-order valence-electron chi connectivity index (χ4n) is 2.72. The molecule has 1 unspecified atom stereocenters. The third-order valence-corrected chi connectivity index (χ3v) is 3.28. The van der Waals surface area contributed by atoms with Crippen molar-refractivity contribution in [3.8, 4) is 0 Å². The maximum atomic E-state index is 9.41. The maximum Gasteiger partial charge on any atom is 0.0574 e. The molecule has 2 saturated carbocycles. The third kappa shape index (κ3) is 0.722. The molecule has 2 heteroatoms. The van der Waals surface area contributed by atoms with Gasteiger partial charge in [-0.25, -0.2) is 0 Å². The lowest BCUT2D eigenvalue weighted by atomic mass is 9.97. The zero-order valence-corrected chi connectivity index (χ0v) is 6.03. The highest BCUT2D eigenvalue weighted by atomic mass is 16.3. The Hall–Kier alpha value is -0.0800. The lowest BCUT2D eigenvalue weighted by Crippen LogP contribution is -2.18. The number of hydrogen-bond acceptors (Lipinski definition) is 2. The highest BCUT2D eigenvalue weighted by Gasteiger charge is 2.46. The Bertz CT molecular complexity index is 135. The second kappa shape index (κ2) is 2.21. The summed E-state index contributed by atoms with van der Waals surface area (Å²) in [4.78, 5) is 0. The van der Waals surface area contributed by atoms with Crippen LogP contribution in [-0.2, 0) is 0 Å². The van der Waals surface area contributed by atoms with Crippen molar-refractivity contribution < 1.29 is 10.2 Å². The SMILES string of the molecule is OCC1[C@H]2CC[C@@H]1[C@@H](O)C2. The van der Waals surface area contributed by atoms with Gasteiger partial charge in [-0.05, 0) is 37.0 Å². The molecule has 4 atom stereocenters. The quantitative estimate of drug-likeness (QED) is 0.556. The van der Waals surface area contributed by atoms with Crippen LogP contribution in [0.2, 0.25) is 0 Å². The molecule has 0 amide bonds. The molecule has 2 bridgehead atoms. The van der Waals surface area contributed by atoms with Crippen LogP contribution >= 0.6 is 0 Å². The van der Waals surface area contributed by atoms with Gasteiger partial charge in [-0.15, -0.1) is 0 Å². The van der Waals surface area contributed by atoms with Gasteiger partial charge < -0.3 is 10.2 Å². The summed E-state index contributed by atoms with van der Waals surface area (Å²) < 4.78 is 0. The Morgan fingerprint density at radius 1 is 1.30 bits per heavy atom. The van der Waals surface area contributed by atoms with Gasteiger partial charge in [0.1, 0.15) is 0 Å². The highest BCUT2D eigenvalue weighted by Crippen LogP contribution is 2.48. The summed E-state index contributed by atoms with van der Waals surface area (Å²) in [5.41, 5.74) is 0. The Morgan fingerprint density at radius 2 is 2.10 bits per heavy atom. The smallest absolute Gasteiger partial charge is 0.0574 e. The van der Waals surface area contributed by atoms with E-state index in [4.69, 9.17) is 5.11 Å². The zero-order chi connectivity index (χ0) is 7.14. The Labute approximate surface area is 60.9 Å². The maximum absolute atomic E-state index is 9.41. The van der Waals surface area contributed by atoms with Gasteiger partial charge in [0, 0.05) is 6.61 Å². The second-order valence-electron chi connectivity index (χ2n) is 3.65. The van der Waals surface area contributed by atoms with Crippen molar-refractivity contribution in [1.82, 2.24) is 0 Å². The van der Waals surface area contributed by atoms with Gasteiger partial charge in [-0.2, -0.15) is 0 Å². The fourth-order valence-corrected chi connectivity index (χ4v) is 2.72. The topological polar surface area (TPSA) is 40.5 Å². The lowest BCUT2D eigenvalue weighted by molar-refractivity contribution is 0.0974. The van der Waals surface area contributed by atoms with Gasteiger partial charge in [0.25, 0.3) is 0 Å². The van der Waals surface area contributed by atoms with Crippen LogP contribution in [0.5, 0.6) is 0 Å². The summed E-state index contributed by atoms with van der Waals surface area (Å²) in [6.45, 7) is 0.284. The van der Waals surface area contributed by atoms with Crippen LogP contribution < -0.4 is 0 Å². The Balaban J connectivity index is 2.11. The lowest BCUT2D eigenvalue weighted by Gasteiger charge is -2.15. The summed E-state index contributed by atoms with van der Waals surface area (Å²) in [5, 5.41) is 18.4. The van der Waals surface area contributed by atoms with E-state index >= 15 is 0 Å². The fraction of sp³-hybridized carbons (Fsp3) is 1.00. The van der Waals surface area contributed by atoms with Crippen molar-refractivity contribution in [3.05, 3.63) is 0 Å². The van der Waals surface area contributed by atoms with E-state index in [1.54, 1.807) is 0 Å². The first-order chi connectivity index (χ1) is 4.83. The van der Waals surface area contributed by atoms with Crippen LogP contribution in [0.4, 0.5) is 0 Å². The average Bonchev–Trinajstić information content (AvgIpc) is 2.42. The van der Waals surface area contributed by atoms with Gasteiger partial charge in [0.15, 0.2) is 0 Å². The van der Waals surface area contributed by atoms with E-state index in [2.05, 4.69) is 0 Å². The molecule has 0 radical (unpaired) electrons. The van der Waals surface area contributed by atoms with Crippen molar-refractivity contribution in [2.45, 2.75) is 25.4 Å². The van der Waals surface area contributed by atoms with Crippen LogP contribution in [0.25, 0.3) is 0 Å². The predicted octanol–water partition coefficient (Wildman–Crippen LogP) is 0.386. The number of aliphatic hydroxyl groups excluding tert-OH is 2. The molecule has 2 nitrogen and oxygen atoms in total. The summed E-state index contributed by atoms with van der Waals surface area (Å²) >= 11 is 0. The molecular weight excluding hydrogens is 128 g/mol. The van der Waals surface area contributed by atoms with Crippen molar-refractivity contribution in [1.29, 1.82) is 0 Å². The molecule has 2 aliphatic rings. The molecule has 10 heavy (non-hydrogen) atoms. The molecule has 58 valence electrons. The summed E-state index contributed by atoms with van der Waals surface area (Å²) in [5.74, 6) is 1.48. The van der Waals surface area contributed by atoms with Crippen molar-refractivity contribution in [2.24, 2.45) is 17.8 Å². The van der Waals surface area contributed by atoms with Gasteiger partial charge >= 0.3 is 0 Å². The predicted molar refractivity (Wildman–Crippen MR) is 37.4 cm³/mol. The molecule has 0 aromatic carbocycles. The molecule has 2 aliphatic carbocycles. The van der Waals surface area contributed by atoms with Crippen LogP contribution in [0.1, 0.15) is 19.3 Å². The van der Waals surface area contributed by atoms with Crippen LogP contribution in [0.3, 0.4) is 0 Å². The van der Waals surface area contributed by atoms with E-state index in [-0.39, 0.29) is 12.7 Å². The first-order valence-corrected chi connectivity index (χ1v) is 4.12. The Kier molecular flexibility index (Phi) is 1.46. The minimum atomic E-state index is -0.101. The number of hydrogen-bond donors (Lipinski definition) is 2. The van der Waals surface area contributed by atoms with Gasteiger partial charge in [0.05, 0.1) is 6.10 Å². The van der Waals surface area contributed by atoms with Crippen molar-refractivity contribution in [2.75, 3.05) is 6.61 Å². The highest BCUT2D eigenvalue weighted by molar-refractivity contribution is 4.96. The number of fused-ring (bicyclic) bond motifs is 2. The zero-order valence-electron chi connectivity index (χ0n) is 6.03. The van der Waals surface area contributed by atoms with Crippen molar-refractivity contribution in [3.63, 3.8) is 0 Å².